The normalized spacial score (nSPS) is 10.3. The number of aryl methyl sites for hydroxylation is 2. The summed E-state index contributed by atoms with van der Waals surface area (Å²) in [6, 6.07) is 8.95. The Morgan fingerprint density at radius 2 is 1.95 bits per heavy atom. The number of thiophene rings is 1. The van der Waals surface area contributed by atoms with Crippen LogP contribution in [-0.4, -0.2) is 11.8 Å². The van der Waals surface area contributed by atoms with E-state index in [0.29, 0.717) is 9.90 Å². The van der Waals surface area contributed by atoms with Crippen LogP contribution in [0.1, 0.15) is 32.6 Å². The van der Waals surface area contributed by atoms with Crippen molar-refractivity contribution in [2.24, 2.45) is 0 Å². The first-order chi connectivity index (χ1) is 10.5. The minimum atomic E-state index is -0.314. The molecule has 2 N–H and O–H groups in total. The standard InChI is InChI=1S/C16H17ClN2O2S/c1-3-13-10(2)8-14(22-13)16(21)19-18-15(20)9-11-6-4-5-7-12(11)17/h4-8H,3,9H2,1-2H3,(H,18,20)(H,19,21). The van der Waals surface area contributed by atoms with Crippen molar-refractivity contribution in [2.45, 2.75) is 26.7 Å². The summed E-state index contributed by atoms with van der Waals surface area (Å²) in [5, 5.41) is 0.533. The molecule has 1 aromatic heterocycles. The van der Waals surface area contributed by atoms with Gasteiger partial charge in [0.2, 0.25) is 5.91 Å². The fraction of sp³-hybridized carbons (Fsp3) is 0.250. The highest BCUT2D eigenvalue weighted by Gasteiger charge is 2.13. The lowest BCUT2D eigenvalue weighted by molar-refractivity contribution is -0.121. The van der Waals surface area contributed by atoms with Crippen LogP contribution < -0.4 is 10.9 Å². The maximum atomic E-state index is 12.0. The van der Waals surface area contributed by atoms with Gasteiger partial charge in [-0.2, -0.15) is 0 Å². The first-order valence-electron chi connectivity index (χ1n) is 6.93. The summed E-state index contributed by atoms with van der Waals surface area (Å²) in [6.07, 6.45) is 1.01. The van der Waals surface area contributed by atoms with Crippen LogP contribution in [0.15, 0.2) is 30.3 Å². The van der Waals surface area contributed by atoms with E-state index in [-0.39, 0.29) is 18.2 Å². The summed E-state index contributed by atoms with van der Waals surface area (Å²) < 4.78 is 0. The zero-order valence-corrected chi connectivity index (χ0v) is 14.0. The van der Waals surface area contributed by atoms with Crippen molar-refractivity contribution in [3.63, 3.8) is 0 Å². The van der Waals surface area contributed by atoms with E-state index in [1.807, 2.05) is 26.0 Å². The molecular formula is C16H17ClN2O2S. The van der Waals surface area contributed by atoms with Crippen LogP contribution in [0.4, 0.5) is 0 Å². The van der Waals surface area contributed by atoms with E-state index in [4.69, 9.17) is 11.6 Å². The van der Waals surface area contributed by atoms with Gasteiger partial charge in [0.05, 0.1) is 11.3 Å². The Morgan fingerprint density at radius 1 is 1.23 bits per heavy atom. The number of amides is 2. The van der Waals surface area contributed by atoms with E-state index >= 15 is 0 Å². The number of hydrogen-bond donors (Lipinski definition) is 2. The average molecular weight is 337 g/mol. The van der Waals surface area contributed by atoms with Gasteiger partial charge in [-0.05, 0) is 36.6 Å². The van der Waals surface area contributed by atoms with Crippen molar-refractivity contribution in [2.75, 3.05) is 0 Å². The lowest BCUT2D eigenvalue weighted by atomic mass is 10.1. The minimum absolute atomic E-state index is 0.115. The first kappa shape index (κ1) is 16.5. The maximum absolute atomic E-state index is 12.0. The Hall–Kier alpha value is -1.85. The molecule has 1 heterocycles. The number of benzene rings is 1. The number of hydrogen-bond acceptors (Lipinski definition) is 3. The van der Waals surface area contributed by atoms with Gasteiger partial charge in [0.15, 0.2) is 0 Å². The maximum Gasteiger partial charge on any atom is 0.279 e. The summed E-state index contributed by atoms with van der Waals surface area (Å²) >= 11 is 7.44. The molecular weight excluding hydrogens is 320 g/mol. The molecule has 0 unspecified atom stereocenters. The van der Waals surface area contributed by atoms with Crippen LogP contribution in [0.25, 0.3) is 0 Å². The Labute approximate surface area is 138 Å². The van der Waals surface area contributed by atoms with Crippen LogP contribution in [0.3, 0.4) is 0 Å². The first-order valence-corrected chi connectivity index (χ1v) is 8.12. The molecule has 0 aliphatic rings. The van der Waals surface area contributed by atoms with Crippen molar-refractivity contribution in [3.05, 3.63) is 56.2 Å². The SMILES string of the molecule is CCc1sc(C(=O)NNC(=O)Cc2ccccc2Cl)cc1C. The molecule has 0 aliphatic carbocycles. The molecule has 0 aliphatic heterocycles. The highest BCUT2D eigenvalue weighted by Crippen LogP contribution is 2.22. The molecule has 0 bridgehead atoms. The van der Waals surface area contributed by atoms with E-state index < -0.39 is 0 Å². The third kappa shape index (κ3) is 4.08. The van der Waals surface area contributed by atoms with Gasteiger partial charge < -0.3 is 0 Å². The summed E-state index contributed by atoms with van der Waals surface area (Å²) in [5.74, 6) is -0.620. The molecule has 6 heteroatoms. The monoisotopic (exact) mass is 336 g/mol. The predicted octanol–water partition coefficient (Wildman–Crippen LogP) is 3.28. The Balaban J connectivity index is 1.90. The lowest BCUT2D eigenvalue weighted by Crippen LogP contribution is -2.42. The van der Waals surface area contributed by atoms with Gasteiger partial charge in [-0.25, -0.2) is 0 Å². The number of nitrogens with one attached hydrogen (secondary N) is 2. The minimum Gasteiger partial charge on any atom is -0.273 e. The molecule has 0 saturated heterocycles. The zero-order valence-electron chi connectivity index (χ0n) is 12.4. The van der Waals surface area contributed by atoms with Crippen molar-refractivity contribution >= 4 is 34.8 Å². The molecule has 0 spiro atoms. The fourth-order valence-electron chi connectivity index (χ4n) is 2.03. The molecule has 116 valence electrons. The van der Waals surface area contributed by atoms with Gasteiger partial charge in [-0.1, -0.05) is 36.7 Å². The molecule has 0 saturated carbocycles. The third-order valence-electron chi connectivity index (χ3n) is 3.19. The van der Waals surface area contributed by atoms with Crippen molar-refractivity contribution in [1.29, 1.82) is 0 Å². The summed E-state index contributed by atoms with van der Waals surface area (Å²) in [5.41, 5.74) is 6.66. The number of hydrazine groups is 1. The van der Waals surface area contributed by atoms with E-state index in [0.717, 1.165) is 17.5 Å². The van der Waals surface area contributed by atoms with Crippen LogP contribution in [0, 0.1) is 6.92 Å². The molecule has 2 aromatic rings. The lowest BCUT2D eigenvalue weighted by Gasteiger charge is -2.07. The van der Waals surface area contributed by atoms with Gasteiger partial charge in [0, 0.05) is 9.90 Å². The second kappa shape index (κ2) is 7.42. The van der Waals surface area contributed by atoms with E-state index in [1.165, 1.54) is 16.2 Å². The predicted molar refractivity (Wildman–Crippen MR) is 89.2 cm³/mol. The van der Waals surface area contributed by atoms with Gasteiger partial charge in [-0.15, -0.1) is 11.3 Å². The number of halogens is 1. The summed E-state index contributed by atoms with van der Waals surface area (Å²) in [4.78, 5) is 25.6. The molecule has 22 heavy (non-hydrogen) atoms. The number of rotatable bonds is 4. The van der Waals surface area contributed by atoms with Gasteiger partial charge in [-0.3, -0.25) is 20.4 Å². The summed E-state index contributed by atoms with van der Waals surface area (Å²) in [7, 11) is 0. The van der Waals surface area contributed by atoms with Gasteiger partial charge in [0.1, 0.15) is 0 Å². The van der Waals surface area contributed by atoms with Crippen LogP contribution >= 0.6 is 22.9 Å². The smallest absolute Gasteiger partial charge is 0.273 e. The Bertz CT molecular complexity index is 697. The highest BCUT2D eigenvalue weighted by molar-refractivity contribution is 7.14. The Kier molecular flexibility index (Phi) is 5.57. The van der Waals surface area contributed by atoms with Gasteiger partial charge >= 0.3 is 0 Å². The van der Waals surface area contributed by atoms with Gasteiger partial charge in [0.25, 0.3) is 5.91 Å². The van der Waals surface area contributed by atoms with Crippen molar-refractivity contribution < 1.29 is 9.59 Å². The molecule has 0 atom stereocenters. The Morgan fingerprint density at radius 3 is 2.59 bits per heavy atom. The summed E-state index contributed by atoms with van der Waals surface area (Å²) in [6.45, 7) is 4.02. The molecule has 4 nitrogen and oxygen atoms in total. The van der Waals surface area contributed by atoms with E-state index in [9.17, 15) is 9.59 Å². The van der Waals surface area contributed by atoms with Crippen LogP contribution in [0.5, 0.6) is 0 Å². The van der Waals surface area contributed by atoms with E-state index in [2.05, 4.69) is 10.9 Å². The van der Waals surface area contributed by atoms with Crippen molar-refractivity contribution in [3.8, 4) is 0 Å². The number of carbonyl (C=O) groups is 2. The molecule has 2 amide bonds. The molecule has 0 fully saturated rings. The van der Waals surface area contributed by atoms with Crippen LogP contribution in [-0.2, 0) is 17.6 Å². The topological polar surface area (TPSA) is 58.2 Å². The average Bonchev–Trinajstić information content (AvgIpc) is 2.88. The third-order valence-corrected chi connectivity index (χ3v) is 4.94. The number of carbonyl (C=O) groups excluding carboxylic acids is 2. The molecule has 1 aromatic carbocycles. The second-order valence-electron chi connectivity index (χ2n) is 4.84. The zero-order chi connectivity index (χ0) is 16.1. The van der Waals surface area contributed by atoms with E-state index in [1.54, 1.807) is 18.2 Å². The molecule has 2 rings (SSSR count). The quantitative estimate of drug-likeness (QED) is 0.842. The second-order valence-corrected chi connectivity index (χ2v) is 6.38. The van der Waals surface area contributed by atoms with Crippen LogP contribution in [0.2, 0.25) is 5.02 Å². The molecule has 0 radical (unpaired) electrons. The van der Waals surface area contributed by atoms with Crippen molar-refractivity contribution in [1.82, 2.24) is 10.9 Å². The largest absolute Gasteiger partial charge is 0.279 e. The fourth-order valence-corrected chi connectivity index (χ4v) is 3.24. The highest BCUT2D eigenvalue weighted by atomic mass is 35.5.